The molecule has 0 radical (unpaired) electrons. The number of carboxylic acids is 2. The summed E-state index contributed by atoms with van der Waals surface area (Å²) in [7, 11) is 0. The molecule has 17 heteroatoms. The number of benzene rings is 1. The number of hydrogen-bond donors (Lipinski definition) is 11. The number of carboxylic acid groups (broad SMARTS) is 2. The van der Waals surface area contributed by atoms with Crippen molar-refractivity contribution in [1.82, 2.24) is 21.3 Å². The van der Waals surface area contributed by atoms with Gasteiger partial charge in [0.2, 0.25) is 23.6 Å². The van der Waals surface area contributed by atoms with Gasteiger partial charge in [-0.05, 0) is 24.6 Å². The molecule has 0 spiro atoms. The Morgan fingerprint density at radius 3 is 1.68 bits per heavy atom. The van der Waals surface area contributed by atoms with Crippen molar-refractivity contribution in [3.05, 3.63) is 29.8 Å². The maximum Gasteiger partial charge on any atom is 0.328 e. The number of carbonyl (C=O) groups is 6. The van der Waals surface area contributed by atoms with Crippen LogP contribution in [0.25, 0.3) is 0 Å². The lowest BCUT2D eigenvalue weighted by Gasteiger charge is -2.25. The molecule has 0 saturated carbocycles. The number of nitrogens with one attached hydrogen (secondary N) is 4. The fourth-order valence-electron chi connectivity index (χ4n) is 3.14. The van der Waals surface area contributed by atoms with Crippen LogP contribution in [-0.4, -0.2) is 116 Å². The molecule has 12 N–H and O–H groups in total. The molecule has 4 amide bonds. The first-order valence-electron chi connectivity index (χ1n) is 11.8. The molecule has 40 heavy (non-hydrogen) atoms. The van der Waals surface area contributed by atoms with Gasteiger partial charge in [-0.3, -0.25) is 24.0 Å². The first kappa shape index (κ1) is 33.7. The molecule has 0 fully saturated rings. The number of aliphatic carboxylic acids is 2. The number of hydrogen-bond acceptors (Lipinski definition) is 11. The average Bonchev–Trinajstić information content (AvgIpc) is 2.89. The van der Waals surface area contributed by atoms with E-state index in [0.717, 1.165) is 0 Å². The van der Waals surface area contributed by atoms with E-state index >= 15 is 0 Å². The van der Waals surface area contributed by atoms with Crippen molar-refractivity contribution in [1.29, 1.82) is 0 Å². The van der Waals surface area contributed by atoms with Crippen molar-refractivity contribution in [3.63, 3.8) is 0 Å². The van der Waals surface area contributed by atoms with E-state index in [4.69, 9.17) is 10.8 Å². The lowest BCUT2D eigenvalue weighted by atomic mass is 10.0. The summed E-state index contributed by atoms with van der Waals surface area (Å²) >= 11 is 0. The van der Waals surface area contributed by atoms with Gasteiger partial charge in [-0.25, -0.2) is 4.79 Å². The van der Waals surface area contributed by atoms with Crippen LogP contribution in [0, 0.1) is 0 Å². The van der Waals surface area contributed by atoms with Crippen LogP contribution in [0.4, 0.5) is 0 Å². The van der Waals surface area contributed by atoms with Crippen LogP contribution in [0.5, 0.6) is 5.75 Å². The molecule has 0 aliphatic carbocycles. The monoisotopic (exact) mass is 571 g/mol. The van der Waals surface area contributed by atoms with Crippen molar-refractivity contribution >= 4 is 35.6 Å². The first-order valence-corrected chi connectivity index (χ1v) is 11.8. The molecular weight excluding hydrogens is 538 g/mol. The summed E-state index contributed by atoms with van der Waals surface area (Å²) < 4.78 is 0. The second-order valence-corrected chi connectivity index (χ2v) is 8.68. The number of aliphatic hydroxyl groups excluding tert-OH is 3. The molecule has 6 atom stereocenters. The third-order valence-corrected chi connectivity index (χ3v) is 5.46. The van der Waals surface area contributed by atoms with Gasteiger partial charge in [-0.1, -0.05) is 12.1 Å². The van der Waals surface area contributed by atoms with E-state index < -0.39 is 91.5 Å². The van der Waals surface area contributed by atoms with Crippen LogP contribution >= 0.6 is 0 Å². The molecule has 0 heterocycles. The van der Waals surface area contributed by atoms with E-state index in [1.165, 1.54) is 31.2 Å². The highest BCUT2D eigenvalue weighted by Gasteiger charge is 2.33. The van der Waals surface area contributed by atoms with Crippen LogP contribution in [-0.2, 0) is 35.2 Å². The van der Waals surface area contributed by atoms with Gasteiger partial charge in [0.25, 0.3) is 0 Å². The molecule has 0 bridgehead atoms. The smallest absolute Gasteiger partial charge is 0.328 e. The minimum absolute atomic E-state index is 0.107. The molecular formula is C23H33N5O12. The Bertz CT molecular complexity index is 1060. The molecule has 0 aliphatic rings. The second-order valence-electron chi connectivity index (χ2n) is 8.68. The van der Waals surface area contributed by atoms with E-state index in [-0.39, 0.29) is 12.2 Å². The molecule has 0 aliphatic heterocycles. The molecule has 0 saturated heterocycles. The summed E-state index contributed by atoms with van der Waals surface area (Å²) in [5.74, 6) is -7.72. The fourth-order valence-corrected chi connectivity index (χ4v) is 3.14. The number of aliphatic hydroxyl groups is 3. The topological polar surface area (TPSA) is 298 Å². The summed E-state index contributed by atoms with van der Waals surface area (Å²) in [5.41, 5.74) is 5.86. The normalized spacial score (nSPS) is 15.3. The highest BCUT2D eigenvalue weighted by Crippen LogP contribution is 2.12. The van der Waals surface area contributed by atoms with Gasteiger partial charge < -0.3 is 57.6 Å². The molecule has 1 aromatic carbocycles. The van der Waals surface area contributed by atoms with Gasteiger partial charge >= 0.3 is 11.9 Å². The van der Waals surface area contributed by atoms with Gasteiger partial charge in [0, 0.05) is 6.42 Å². The molecule has 0 aromatic heterocycles. The maximum atomic E-state index is 13.0. The predicted molar refractivity (Wildman–Crippen MR) is 133 cm³/mol. The lowest BCUT2D eigenvalue weighted by Crippen LogP contribution is -2.60. The second kappa shape index (κ2) is 15.9. The minimum atomic E-state index is -1.84. The summed E-state index contributed by atoms with van der Waals surface area (Å²) in [6, 6.07) is -2.94. The Balaban J connectivity index is 3.17. The predicted octanol–water partition coefficient (Wildman–Crippen LogP) is -4.87. The van der Waals surface area contributed by atoms with Crippen LogP contribution in [0.15, 0.2) is 24.3 Å². The van der Waals surface area contributed by atoms with E-state index in [1.54, 1.807) is 0 Å². The summed E-state index contributed by atoms with van der Waals surface area (Å²) in [6.45, 7) is -0.768. The van der Waals surface area contributed by atoms with E-state index in [1.807, 2.05) is 10.6 Å². The minimum Gasteiger partial charge on any atom is -0.508 e. The Kier molecular flexibility index (Phi) is 13.4. The SMILES string of the molecule is C[C@@H](O)[C@H](N)C(=O)N[C@@H](CO)C(=O)N[C@@H](CC(=O)O)C(=O)N[C@@H](Cc1ccc(O)cc1)C(=O)N[C@@H](CO)C(=O)O. The lowest BCUT2D eigenvalue weighted by molar-refractivity contribution is -0.144. The van der Waals surface area contributed by atoms with Crippen LogP contribution in [0.3, 0.4) is 0 Å². The fraction of sp³-hybridized carbons (Fsp3) is 0.478. The number of carbonyl (C=O) groups excluding carboxylic acids is 4. The zero-order valence-electron chi connectivity index (χ0n) is 21.3. The zero-order chi connectivity index (χ0) is 30.6. The zero-order valence-corrected chi connectivity index (χ0v) is 21.3. The Labute approximate surface area is 227 Å². The van der Waals surface area contributed by atoms with Gasteiger partial charge in [-0.2, -0.15) is 0 Å². The average molecular weight is 572 g/mol. The van der Waals surface area contributed by atoms with Crippen LogP contribution in [0.1, 0.15) is 18.9 Å². The van der Waals surface area contributed by atoms with Gasteiger partial charge in [-0.15, -0.1) is 0 Å². The molecule has 1 aromatic rings. The van der Waals surface area contributed by atoms with Crippen molar-refractivity contribution in [2.45, 2.75) is 56.1 Å². The number of aromatic hydroxyl groups is 1. The van der Waals surface area contributed by atoms with Crippen molar-refractivity contribution in [2.24, 2.45) is 5.73 Å². The molecule has 1 rings (SSSR count). The Morgan fingerprint density at radius 1 is 0.750 bits per heavy atom. The Morgan fingerprint density at radius 2 is 1.20 bits per heavy atom. The molecule has 0 unspecified atom stereocenters. The van der Waals surface area contributed by atoms with E-state index in [9.17, 15) is 54.3 Å². The van der Waals surface area contributed by atoms with Crippen molar-refractivity contribution in [2.75, 3.05) is 13.2 Å². The maximum absolute atomic E-state index is 13.0. The highest BCUT2D eigenvalue weighted by atomic mass is 16.4. The first-order chi connectivity index (χ1) is 18.7. The summed E-state index contributed by atoms with van der Waals surface area (Å²) in [6.07, 6.45) is -2.59. The standard InChI is InChI=1S/C23H33N5O12/c1-10(31)18(24)22(38)27-15(8-29)21(37)26-14(7-17(33)34)20(36)25-13(6-11-2-4-12(32)5-3-11)19(35)28-16(9-30)23(39)40/h2-5,10,13-16,18,29-32H,6-9,24H2,1H3,(H,25,36)(H,26,37)(H,27,38)(H,28,35)(H,33,34)(H,39,40)/t10-,13+,14+,15+,16+,18+/m1/s1. The van der Waals surface area contributed by atoms with Crippen LogP contribution < -0.4 is 27.0 Å². The van der Waals surface area contributed by atoms with Gasteiger partial charge in [0.1, 0.15) is 36.0 Å². The number of nitrogens with two attached hydrogens (primary N) is 1. The number of rotatable bonds is 16. The van der Waals surface area contributed by atoms with Crippen molar-refractivity contribution < 1.29 is 59.4 Å². The number of amides is 4. The Hall–Kier alpha value is -4.32. The summed E-state index contributed by atoms with van der Waals surface area (Å²) in [4.78, 5) is 73.1. The van der Waals surface area contributed by atoms with E-state index in [2.05, 4.69) is 10.6 Å². The number of phenols is 1. The largest absolute Gasteiger partial charge is 0.508 e. The van der Waals surface area contributed by atoms with Gasteiger partial charge in [0.15, 0.2) is 0 Å². The molecule has 222 valence electrons. The highest BCUT2D eigenvalue weighted by molar-refractivity contribution is 5.97. The third-order valence-electron chi connectivity index (χ3n) is 5.46. The van der Waals surface area contributed by atoms with Crippen molar-refractivity contribution in [3.8, 4) is 5.75 Å². The summed E-state index contributed by atoms with van der Waals surface area (Å²) in [5, 5.41) is 64.3. The van der Waals surface area contributed by atoms with E-state index in [0.29, 0.717) is 5.56 Å². The third kappa shape index (κ3) is 10.8. The van der Waals surface area contributed by atoms with Gasteiger partial charge in [0.05, 0.1) is 25.7 Å². The quantitative estimate of drug-likeness (QED) is 0.0888. The molecule has 17 nitrogen and oxygen atoms in total. The van der Waals surface area contributed by atoms with Crippen LogP contribution in [0.2, 0.25) is 0 Å². The number of phenolic OH excluding ortho intramolecular Hbond substituents is 1.